The molecule has 0 unspecified atom stereocenters. The van der Waals surface area contributed by atoms with E-state index in [0.717, 1.165) is 44.6 Å². The Kier molecular flexibility index (Phi) is 4.76. The van der Waals surface area contributed by atoms with E-state index < -0.39 is 0 Å². The van der Waals surface area contributed by atoms with E-state index >= 15 is 0 Å². The van der Waals surface area contributed by atoms with E-state index in [1.807, 2.05) is 6.07 Å². The average molecular weight is 264 g/mol. The maximum absolute atomic E-state index is 11.0. The Balaban J connectivity index is 2.27. The van der Waals surface area contributed by atoms with Crippen molar-refractivity contribution in [1.82, 2.24) is 10.2 Å². The number of piperazine rings is 1. The van der Waals surface area contributed by atoms with Crippen LogP contribution in [0.25, 0.3) is 0 Å². The lowest BCUT2D eigenvalue weighted by Gasteiger charge is -2.28. The zero-order valence-electron chi connectivity index (χ0n) is 11.4. The number of ether oxygens (including phenoxy) is 2. The molecule has 0 spiro atoms. The van der Waals surface area contributed by atoms with Crippen molar-refractivity contribution in [2.24, 2.45) is 0 Å². The summed E-state index contributed by atoms with van der Waals surface area (Å²) < 4.78 is 10.7. The van der Waals surface area contributed by atoms with Crippen molar-refractivity contribution in [3.05, 3.63) is 23.3 Å². The van der Waals surface area contributed by atoms with E-state index in [-0.39, 0.29) is 0 Å². The molecule has 1 aliphatic rings. The molecule has 1 aromatic rings. The normalized spacial score (nSPS) is 16.1. The zero-order chi connectivity index (χ0) is 13.7. The first-order valence-corrected chi connectivity index (χ1v) is 6.41. The smallest absolute Gasteiger partial charge is 0.165 e. The topological polar surface area (TPSA) is 50.8 Å². The average Bonchev–Trinajstić information content (AvgIpc) is 2.47. The number of methoxy groups -OCH3 is 2. The lowest BCUT2D eigenvalue weighted by Crippen LogP contribution is -2.42. The number of nitrogens with one attached hydrogen (secondary N) is 1. The molecule has 1 aromatic carbocycles. The van der Waals surface area contributed by atoms with Gasteiger partial charge in [-0.05, 0) is 12.1 Å². The first-order chi connectivity index (χ1) is 9.28. The summed E-state index contributed by atoms with van der Waals surface area (Å²) in [6, 6.07) is 3.57. The largest absolute Gasteiger partial charge is 0.493 e. The third kappa shape index (κ3) is 3.24. The summed E-state index contributed by atoms with van der Waals surface area (Å²) in [5.74, 6) is 1.32. The van der Waals surface area contributed by atoms with Crippen molar-refractivity contribution < 1.29 is 14.3 Å². The van der Waals surface area contributed by atoms with Crippen molar-refractivity contribution >= 4 is 6.29 Å². The third-order valence-corrected chi connectivity index (χ3v) is 3.32. The number of carbonyl (C=O) groups is 1. The van der Waals surface area contributed by atoms with Gasteiger partial charge in [-0.3, -0.25) is 9.69 Å². The lowest BCUT2D eigenvalue weighted by molar-refractivity contribution is 0.112. The summed E-state index contributed by atoms with van der Waals surface area (Å²) in [5.41, 5.74) is 1.61. The molecular formula is C14H20N2O3. The molecule has 1 fully saturated rings. The number of benzene rings is 1. The van der Waals surface area contributed by atoms with Crippen molar-refractivity contribution in [3.63, 3.8) is 0 Å². The quantitative estimate of drug-likeness (QED) is 0.802. The number of hydrogen-bond donors (Lipinski definition) is 1. The van der Waals surface area contributed by atoms with Crippen molar-refractivity contribution in [3.8, 4) is 11.5 Å². The Labute approximate surface area is 113 Å². The number of nitrogens with zero attached hydrogens (tertiary/aromatic N) is 1. The predicted octanol–water partition coefficient (Wildman–Crippen LogP) is 0.921. The SMILES string of the molecule is COc1cc(C=O)cc(CN2CCNCC2)c1OC. The molecule has 19 heavy (non-hydrogen) atoms. The Morgan fingerprint density at radius 2 is 2.00 bits per heavy atom. The second-order valence-electron chi connectivity index (χ2n) is 4.56. The highest BCUT2D eigenvalue weighted by Crippen LogP contribution is 2.33. The van der Waals surface area contributed by atoms with Gasteiger partial charge in [-0.1, -0.05) is 0 Å². The standard InChI is InChI=1S/C14H20N2O3/c1-18-13-8-11(10-17)7-12(14(13)19-2)9-16-5-3-15-4-6-16/h7-8,10,15H,3-6,9H2,1-2H3. The molecule has 2 rings (SSSR count). The summed E-state index contributed by atoms with van der Waals surface area (Å²) in [4.78, 5) is 13.3. The summed E-state index contributed by atoms with van der Waals surface area (Å²) in [6.45, 7) is 4.75. The van der Waals surface area contributed by atoms with Gasteiger partial charge >= 0.3 is 0 Å². The number of hydrogen-bond acceptors (Lipinski definition) is 5. The molecule has 1 heterocycles. The predicted molar refractivity (Wildman–Crippen MR) is 73.1 cm³/mol. The molecule has 1 N–H and O–H groups in total. The van der Waals surface area contributed by atoms with Crippen LogP contribution in [0, 0.1) is 0 Å². The molecular weight excluding hydrogens is 244 g/mol. The van der Waals surface area contributed by atoms with Gasteiger partial charge in [0.15, 0.2) is 11.5 Å². The molecule has 0 atom stereocenters. The maximum Gasteiger partial charge on any atom is 0.165 e. The zero-order valence-corrected chi connectivity index (χ0v) is 11.4. The van der Waals surface area contributed by atoms with E-state index in [0.29, 0.717) is 17.1 Å². The monoisotopic (exact) mass is 264 g/mol. The molecule has 0 aliphatic carbocycles. The molecule has 0 saturated carbocycles. The number of rotatable bonds is 5. The molecule has 104 valence electrons. The summed E-state index contributed by atoms with van der Waals surface area (Å²) in [7, 11) is 3.21. The fraction of sp³-hybridized carbons (Fsp3) is 0.500. The van der Waals surface area contributed by atoms with Gasteiger partial charge in [-0.25, -0.2) is 0 Å². The van der Waals surface area contributed by atoms with Crippen LogP contribution in [-0.4, -0.2) is 51.6 Å². The minimum absolute atomic E-state index is 0.609. The highest BCUT2D eigenvalue weighted by atomic mass is 16.5. The fourth-order valence-electron chi connectivity index (χ4n) is 2.36. The Hall–Kier alpha value is -1.59. The van der Waals surface area contributed by atoms with Crippen LogP contribution < -0.4 is 14.8 Å². The van der Waals surface area contributed by atoms with E-state index in [1.54, 1.807) is 20.3 Å². The van der Waals surface area contributed by atoms with Crippen LogP contribution >= 0.6 is 0 Å². The van der Waals surface area contributed by atoms with Gasteiger partial charge in [-0.15, -0.1) is 0 Å². The van der Waals surface area contributed by atoms with Crippen LogP contribution in [-0.2, 0) is 6.54 Å². The van der Waals surface area contributed by atoms with Gasteiger partial charge in [0, 0.05) is 43.9 Å². The van der Waals surface area contributed by atoms with Crippen molar-refractivity contribution in [2.75, 3.05) is 40.4 Å². The molecule has 0 bridgehead atoms. The van der Waals surface area contributed by atoms with Crippen LogP contribution in [0.5, 0.6) is 11.5 Å². The number of aldehydes is 1. The van der Waals surface area contributed by atoms with Crippen LogP contribution in [0.3, 0.4) is 0 Å². The van der Waals surface area contributed by atoms with Crippen LogP contribution in [0.15, 0.2) is 12.1 Å². The molecule has 5 heteroatoms. The van der Waals surface area contributed by atoms with Crippen molar-refractivity contribution in [1.29, 1.82) is 0 Å². The van der Waals surface area contributed by atoms with Gasteiger partial charge < -0.3 is 14.8 Å². The molecule has 5 nitrogen and oxygen atoms in total. The van der Waals surface area contributed by atoms with Crippen LogP contribution in [0.2, 0.25) is 0 Å². The minimum atomic E-state index is 0.609. The van der Waals surface area contributed by atoms with E-state index in [9.17, 15) is 4.79 Å². The van der Waals surface area contributed by atoms with Gasteiger partial charge in [-0.2, -0.15) is 0 Å². The Morgan fingerprint density at radius 1 is 1.26 bits per heavy atom. The highest BCUT2D eigenvalue weighted by molar-refractivity contribution is 5.77. The maximum atomic E-state index is 11.0. The summed E-state index contributed by atoms with van der Waals surface area (Å²) in [5, 5.41) is 3.32. The van der Waals surface area contributed by atoms with Gasteiger partial charge in [0.2, 0.25) is 0 Å². The van der Waals surface area contributed by atoms with Crippen LogP contribution in [0.1, 0.15) is 15.9 Å². The molecule has 0 aromatic heterocycles. The van der Waals surface area contributed by atoms with E-state index in [1.165, 1.54) is 0 Å². The molecule has 1 aliphatic heterocycles. The fourth-order valence-corrected chi connectivity index (χ4v) is 2.36. The van der Waals surface area contributed by atoms with E-state index in [2.05, 4.69) is 10.2 Å². The van der Waals surface area contributed by atoms with Crippen LogP contribution in [0.4, 0.5) is 0 Å². The minimum Gasteiger partial charge on any atom is -0.493 e. The number of carbonyl (C=O) groups excluding carboxylic acids is 1. The third-order valence-electron chi connectivity index (χ3n) is 3.32. The summed E-state index contributed by atoms with van der Waals surface area (Å²) >= 11 is 0. The highest BCUT2D eigenvalue weighted by Gasteiger charge is 2.16. The van der Waals surface area contributed by atoms with Gasteiger partial charge in [0.05, 0.1) is 14.2 Å². The molecule has 1 saturated heterocycles. The Bertz CT molecular complexity index is 443. The lowest BCUT2D eigenvalue weighted by atomic mass is 10.1. The van der Waals surface area contributed by atoms with Gasteiger partial charge in [0.1, 0.15) is 6.29 Å². The second-order valence-corrected chi connectivity index (χ2v) is 4.56. The first-order valence-electron chi connectivity index (χ1n) is 6.41. The summed E-state index contributed by atoms with van der Waals surface area (Å²) in [6.07, 6.45) is 0.837. The van der Waals surface area contributed by atoms with Gasteiger partial charge in [0.25, 0.3) is 0 Å². The Morgan fingerprint density at radius 3 is 2.58 bits per heavy atom. The molecule has 0 amide bonds. The molecule has 0 radical (unpaired) electrons. The first kappa shape index (κ1) is 13.8. The van der Waals surface area contributed by atoms with Crippen molar-refractivity contribution in [2.45, 2.75) is 6.54 Å². The second kappa shape index (κ2) is 6.54. The van der Waals surface area contributed by atoms with E-state index in [4.69, 9.17) is 9.47 Å².